The number of nitrogens with one attached hydrogen (secondary N) is 1. The average Bonchev–Trinajstić information content (AvgIpc) is 2.87. The van der Waals surface area contributed by atoms with E-state index in [4.69, 9.17) is 4.74 Å². The molecule has 0 aliphatic carbocycles. The van der Waals surface area contributed by atoms with Crippen LogP contribution >= 0.6 is 0 Å². The number of benzene rings is 1. The van der Waals surface area contributed by atoms with Crippen LogP contribution in [0.2, 0.25) is 0 Å². The summed E-state index contributed by atoms with van der Waals surface area (Å²) in [6.45, 7) is 3.58. The molecule has 0 fully saturated rings. The number of methoxy groups -OCH3 is 1. The van der Waals surface area contributed by atoms with Crippen molar-refractivity contribution in [2.24, 2.45) is 0 Å². The standard InChI is InChI=1S/C14H19N3O/c1-3-12-6-4-5-7-13(12)17-10-8-15-14(17)16-9-11-18-2/h4-8,10H,3,9,11H2,1-2H3,(H,15,16). The van der Waals surface area contributed by atoms with Gasteiger partial charge in [-0.05, 0) is 18.1 Å². The minimum absolute atomic E-state index is 0.669. The Kier molecular flexibility index (Phi) is 4.36. The van der Waals surface area contributed by atoms with Gasteiger partial charge in [0.05, 0.1) is 12.3 Å². The van der Waals surface area contributed by atoms with Crippen molar-refractivity contribution < 1.29 is 4.74 Å². The zero-order chi connectivity index (χ0) is 12.8. The first-order valence-electron chi connectivity index (χ1n) is 6.21. The van der Waals surface area contributed by atoms with Crippen molar-refractivity contribution in [2.75, 3.05) is 25.6 Å². The van der Waals surface area contributed by atoms with Gasteiger partial charge in [-0.3, -0.25) is 4.57 Å². The van der Waals surface area contributed by atoms with E-state index in [2.05, 4.69) is 40.0 Å². The third-order valence-corrected chi connectivity index (χ3v) is 2.86. The van der Waals surface area contributed by atoms with Crippen LogP contribution < -0.4 is 5.32 Å². The fourth-order valence-electron chi connectivity index (χ4n) is 1.94. The molecule has 0 amide bonds. The van der Waals surface area contributed by atoms with E-state index in [1.54, 1.807) is 7.11 Å². The molecule has 4 heteroatoms. The number of aryl methyl sites for hydroxylation is 1. The van der Waals surface area contributed by atoms with E-state index >= 15 is 0 Å². The van der Waals surface area contributed by atoms with E-state index in [0.717, 1.165) is 18.9 Å². The number of para-hydroxylation sites is 1. The van der Waals surface area contributed by atoms with Crippen molar-refractivity contribution in [2.45, 2.75) is 13.3 Å². The predicted molar refractivity (Wildman–Crippen MR) is 73.3 cm³/mol. The Labute approximate surface area is 108 Å². The molecule has 0 saturated heterocycles. The highest BCUT2D eigenvalue weighted by atomic mass is 16.5. The quantitative estimate of drug-likeness (QED) is 0.795. The molecule has 0 aliphatic rings. The molecule has 1 heterocycles. The van der Waals surface area contributed by atoms with E-state index in [0.29, 0.717) is 6.61 Å². The van der Waals surface area contributed by atoms with Gasteiger partial charge >= 0.3 is 0 Å². The highest BCUT2D eigenvalue weighted by Crippen LogP contribution is 2.19. The summed E-state index contributed by atoms with van der Waals surface area (Å²) >= 11 is 0. The van der Waals surface area contributed by atoms with Crippen LogP contribution in [-0.4, -0.2) is 29.8 Å². The van der Waals surface area contributed by atoms with Crippen molar-refractivity contribution in [3.63, 3.8) is 0 Å². The molecule has 0 aliphatic heterocycles. The second-order valence-corrected chi connectivity index (χ2v) is 4.02. The first-order valence-corrected chi connectivity index (χ1v) is 6.21. The maximum Gasteiger partial charge on any atom is 0.207 e. The highest BCUT2D eigenvalue weighted by molar-refractivity contribution is 5.47. The first kappa shape index (κ1) is 12.6. The molecule has 1 aromatic carbocycles. The lowest BCUT2D eigenvalue weighted by Gasteiger charge is -2.12. The highest BCUT2D eigenvalue weighted by Gasteiger charge is 2.07. The van der Waals surface area contributed by atoms with Crippen LogP contribution in [0.1, 0.15) is 12.5 Å². The predicted octanol–water partition coefficient (Wildman–Crippen LogP) is 2.49. The van der Waals surface area contributed by atoms with E-state index in [9.17, 15) is 0 Å². The van der Waals surface area contributed by atoms with Crippen molar-refractivity contribution in [1.29, 1.82) is 0 Å². The summed E-state index contributed by atoms with van der Waals surface area (Å²) in [4.78, 5) is 4.34. The SMILES string of the molecule is CCc1ccccc1-n1ccnc1NCCOC. The van der Waals surface area contributed by atoms with Gasteiger partial charge in [-0.1, -0.05) is 25.1 Å². The number of rotatable bonds is 6. The summed E-state index contributed by atoms with van der Waals surface area (Å²) in [7, 11) is 1.69. The fourth-order valence-corrected chi connectivity index (χ4v) is 1.94. The second-order valence-electron chi connectivity index (χ2n) is 4.02. The van der Waals surface area contributed by atoms with E-state index < -0.39 is 0 Å². The number of hydrogen-bond donors (Lipinski definition) is 1. The van der Waals surface area contributed by atoms with Crippen molar-refractivity contribution in [3.8, 4) is 5.69 Å². The summed E-state index contributed by atoms with van der Waals surface area (Å²) in [5, 5.41) is 3.27. The number of hydrogen-bond acceptors (Lipinski definition) is 3. The van der Waals surface area contributed by atoms with Crippen LogP contribution in [0.25, 0.3) is 5.69 Å². The van der Waals surface area contributed by atoms with Crippen LogP contribution in [0.15, 0.2) is 36.7 Å². The average molecular weight is 245 g/mol. The zero-order valence-corrected chi connectivity index (χ0v) is 10.9. The fraction of sp³-hybridized carbons (Fsp3) is 0.357. The molecular weight excluding hydrogens is 226 g/mol. The van der Waals surface area contributed by atoms with Crippen LogP contribution in [0, 0.1) is 0 Å². The Balaban J connectivity index is 2.25. The molecule has 0 saturated carbocycles. The van der Waals surface area contributed by atoms with Crippen LogP contribution in [-0.2, 0) is 11.2 Å². The topological polar surface area (TPSA) is 39.1 Å². The Morgan fingerprint density at radius 3 is 2.94 bits per heavy atom. The van der Waals surface area contributed by atoms with Crippen molar-refractivity contribution in [1.82, 2.24) is 9.55 Å². The van der Waals surface area contributed by atoms with Crippen molar-refractivity contribution >= 4 is 5.95 Å². The molecule has 4 nitrogen and oxygen atoms in total. The van der Waals surface area contributed by atoms with Crippen LogP contribution in [0.5, 0.6) is 0 Å². The van der Waals surface area contributed by atoms with Gasteiger partial charge in [0.1, 0.15) is 0 Å². The normalized spacial score (nSPS) is 10.6. The lowest BCUT2D eigenvalue weighted by molar-refractivity contribution is 0.210. The molecule has 0 spiro atoms. The number of anilines is 1. The second kappa shape index (κ2) is 6.21. The Bertz CT molecular complexity index is 493. The Hall–Kier alpha value is -1.81. The molecule has 1 aromatic heterocycles. The van der Waals surface area contributed by atoms with Gasteiger partial charge < -0.3 is 10.1 Å². The minimum Gasteiger partial charge on any atom is -0.383 e. The molecule has 96 valence electrons. The summed E-state index contributed by atoms with van der Waals surface area (Å²) in [5.74, 6) is 0.855. The number of nitrogens with zero attached hydrogens (tertiary/aromatic N) is 2. The smallest absolute Gasteiger partial charge is 0.207 e. The lowest BCUT2D eigenvalue weighted by atomic mass is 10.1. The van der Waals surface area contributed by atoms with E-state index in [-0.39, 0.29) is 0 Å². The lowest BCUT2D eigenvalue weighted by Crippen LogP contribution is -2.12. The molecule has 18 heavy (non-hydrogen) atoms. The van der Waals surface area contributed by atoms with Gasteiger partial charge in [-0.25, -0.2) is 4.98 Å². The molecular formula is C14H19N3O. The van der Waals surface area contributed by atoms with Gasteiger partial charge in [-0.2, -0.15) is 0 Å². The van der Waals surface area contributed by atoms with Crippen molar-refractivity contribution in [3.05, 3.63) is 42.2 Å². The van der Waals surface area contributed by atoms with E-state index in [1.807, 2.05) is 18.5 Å². The number of ether oxygens (including phenoxy) is 1. The van der Waals surface area contributed by atoms with Gasteiger partial charge in [0, 0.05) is 26.0 Å². The maximum atomic E-state index is 5.03. The first-order chi connectivity index (χ1) is 8.86. The van der Waals surface area contributed by atoms with Gasteiger partial charge in [0.2, 0.25) is 5.95 Å². The number of imidazole rings is 1. The summed E-state index contributed by atoms with van der Waals surface area (Å²) in [6.07, 6.45) is 4.79. The molecule has 0 radical (unpaired) electrons. The Morgan fingerprint density at radius 2 is 2.17 bits per heavy atom. The monoisotopic (exact) mass is 245 g/mol. The molecule has 0 atom stereocenters. The summed E-state index contributed by atoms with van der Waals surface area (Å²) in [5.41, 5.74) is 2.49. The molecule has 2 aromatic rings. The summed E-state index contributed by atoms with van der Waals surface area (Å²) < 4.78 is 7.11. The van der Waals surface area contributed by atoms with Gasteiger partial charge in [0.25, 0.3) is 0 Å². The van der Waals surface area contributed by atoms with Crippen LogP contribution in [0.4, 0.5) is 5.95 Å². The minimum atomic E-state index is 0.669. The third kappa shape index (κ3) is 2.71. The molecule has 0 unspecified atom stereocenters. The molecule has 2 rings (SSSR count). The van der Waals surface area contributed by atoms with Gasteiger partial charge in [0.15, 0.2) is 0 Å². The maximum absolute atomic E-state index is 5.03. The van der Waals surface area contributed by atoms with Gasteiger partial charge in [-0.15, -0.1) is 0 Å². The van der Waals surface area contributed by atoms with Crippen LogP contribution in [0.3, 0.4) is 0 Å². The summed E-state index contributed by atoms with van der Waals surface area (Å²) in [6, 6.07) is 8.38. The molecule has 1 N–H and O–H groups in total. The Morgan fingerprint density at radius 1 is 1.33 bits per heavy atom. The molecule has 0 bridgehead atoms. The largest absolute Gasteiger partial charge is 0.383 e. The number of aromatic nitrogens is 2. The zero-order valence-electron chi connectivity index (χ0n) is 10.9. The third-order valence-electron chi connectivity index (χ3n) is 2.86. The van der Waals surface area contributed by atoms with E-state index in [1.165, 1.54) is 11.3 Å².